The summed E-state index contributed by atoms with van der Waals surface area (Å²) in [7, 11) is 0. The average Bonchev–Trinajstić information content (AvgIpc) is 2.24. The third-order valence-electron chi connectivity index (χ3n) is 3.08. The Labute approximate surface area is 108 Å². The van der Waals surface area contributed by atoms with Gasteiger partial charge in [0, 0.05) is 6.61 Å². The molecule has 0 heterocycles. The van der Waals surface area contributed by atoms with Crippen molar-refractivity contribution >= 4 is 0 Å². The van der Waals surface area contributed by atoms with Gasteiger partial charge < -0.3 is 10.4 Å². The summed E-state index contributed by atoms with van der Waals surface area (Å²) in [4.78, 5) is 0. The van der Waals surface area contributed by atoms with E-state index in [2.05, 4.69) is 33.0 Å². The summed E-state index contributed by atoms with van der Waals surface area (Å²) in [5, 5.41) is 12.7. The van der Waals surface area contributed by atoms with Crippen LogP contribution in [0.1, 0.15) is 66.2 Å². The lowest BCUT2D eigenvalue weighted by Gasteiger charge is -2.18. The zero-order valence-electron chi connectivity index (χ0n) is 12.4. The van der Waals surface area contributed by atoms with Gasteiger partial charge >= 0.3 is 0 Å². The van der Waals surface area contributed by atoms with Gasteiger partial charge in [0.05, 0.1) is 0 Å². The Bertz CT molecular complexity index is 163. The zero-order chi connectivity index (χ0) is 13.1. The van der Waals surface area contributed by atoms with Crippen LogP contribution in [0.3, 0.4) is 0 Å². The molecule has 0 unspecified atom stereocenters. The molecule has 0 saturated heterocycles. The Morgan fingerprint density at radius 2 is 1.76 bits per heavy atom. The van der Waals surface area contributed by atoms with Crippen molar-refractivity contribution in [2.45, 2.75) is 66.2 Å². The summed E-state index contributed by atoms with van der Waals surface area (Å²) < 4.78 is 0. The number of hydrogen-bond acceptors (Lipinski definition) is 2. The van der Waals surface area contributed by atoms with Crippen LogP contribution in [0.2, 0.25) is 0 Å². The summed E-state index contributed by atoms with van der Waals surface area (Å²) in [6, 6.07) is 0. The Hall–Kier alpha value is -0.0800. The molecule has 0 aromatic heterocycles. The first-order chi connectivity index (χ1) is 7.99. The fourth-order valence-electron chi connectivity index (χ4n) is 2.06. The largest absolute Gasteiger partial charge is 0.396 e. The fraction of sp³-hybridized carbons (Fsp3) is 1.00. The molecule has 1 atom stereocenters. The molecule has 0 aromatic carbocycles. The predicted octanol–water partition coefficient (Wildman–Crippen LogP) is 3.59. The van der Waals surface area contributed by atoms with Gasteiger partial charge in [0.15, 0.2) is 0 Å². The smallest absolute Gasteiger partial charge is 0.0459 e. The van der Waals surface area contributed by atoms with Crippen LogP contribution >= 0.6 is 0 Å². The number of nitrogens with one attached hydrogen (secondary N) is 1. The summed E-state index contributed by atoms with van der Waals surface area (Å²) in [6.07, 6.45) is 7.39. The van der Waals surface area contributed by atoms with Gasteiger partial charge in [0.1, 0.15) is 0 Å². The van der Waals surface area contributed by atoms with Gasteiger partial charge in [0.25, 0.3) is 0 Å². The highest BCUT2D eigenvalue weighted by atomic mass is 16.3. The first-order valence-electron chi connectivity index (χ1n) is 7.31. The Balaban J connectivity index is 3.28. The highest BCUT2D eigenvalue weighted by molar-refractivity contribution is 4.64. The lowest BCUT2D eigenvalue weighted by Crippen LogP contribution is -2.27. The molecule has 0 amide bonds. The summed E-state index contributed by atoms with van der Waals surface area (Å²) in [5.41, 5.74) is 0.392. The third-order valence-corrected chi connectivity index (χ3v) is 3.08. The quantitative estimate of drug-likeness (QED) is 0.575. The van der Waals surface area contributed by atoms with Crippen molar-refractivity contribution < 1.29 is 5.11 Å². The Morgan fingerprint density at radius 3 is 2.29 bits per heavy atom. The van der Waals surface area contributed by atoms with Gasteiger partial charge in [-0.25, -0.2) is 0 Å². The van der Waals surface area contributed by atoms with Crippen LogP contribution in [0.4, 0.5) is 0 Å². The van der Waals surface area contributed by atoms with E-state index in [1.165, 1.54) is 38.5 Å². The minimum absolute atomic E-state index is 0.371. The second-order valence-electron chi connectivity index (χ2n) is 6.42. The third kappa shape index (κ3) is 12.2. The van der Waals surface area contributed by atoms with Gasteiger partial charge in [-0.15, -0.1) is 0 Å². The zero-order valence-corrected chi connectivity index (χ0v) is 12.4. The molecule has 2 N–H and O–H groups in total. The van der Waals surface area contributed by atoms with Gasteiger partial charge in [-0.3, -0.25) is 0 Å². The van der Waals surface area contributed by atoms with Gasteiger partial charge in [-0.1, -0.05) is 47.0 Å². The highest BCUT2D eigenvalue weighted by Gasteiger charge is 2.08. The van der Waals surface area contributed by atoms with Crippen molar-refractivity contribution in [3.63, 3.8) is 0 Å². The minimum atomic E-state index is 0.371. The van der Waals surface area contributed by atoms with E-state index >= 15 is 0 Å². The second kappa shape index (κ2) is 9.90. The molecule has 2 heteroatoms. The minimum Gasteiger partial charge on any atom is -0.396 e. The Kier molecular flexibility index (Phi) is 9.85. The molecule has 104 valence electrons. The molecule has 0 aliphatic heterocycles. The molecular weight excluding hydrogens is 210 g/mol. The lowest BCUT2D eigenvalue weighted by atomic mass is 9.96. The number of aliphatic hydroxyl groups excluding tert-OH is 1. The van der Waals surface area contributed by atoms with Crippen LogP contribution in [0, 0.1) is 11.3 Å². The molecule has 0 radical (unpaired) electrons. The number of unbranched alkanes of at least 4 members (excludes halogenated alkanes) is 2. The molecule has 0 rings (SSSR count). The van der Waals surface area contributed by atoms with Crippen LogP contribution in [-0.2, 0) is 0 Å². The van der Waals surface area contributed by atoms with Crippen LogP contribution in [0.25, 0.3) is 0 Å². The standard InChI is InChI=1S/C15H33NO/c1-5-9-14(12-17)10-7-6-8-11-16-13-15(2,3)4/h14,16-17H,5-13H2,1-4H3/t14-/m1/s1. The maximum Gasteiger partial charge on any atom is 0.0459 e. The van der Waals surface area contributed by atoms with Crippen LogP contribution < -0.4 is 5.32 Å². The summed E-state index contributed by atoms with van der Waals surface area (Å²) in [5.74, 6) is 0.544. The monoisotopic (exact) mass is 243 g/mol. The van der Waals surface area contributed by atoms with E-state index in [0.717, 1.165) is 13.1 Å². The first-order valence-corrected chi connectivity index (χ1v) is 7.31. The topological polar surface area (TPSA) is 32.3 Å². The maximum atomic E-state index is 9.18. The number of aliphatic hydroxyl groups is 1. The molecular formula is C15H33NO. The van der Waals surface area contributed by atoms with Crippen molar-refractivity contribution in [2.75, 3.05) is 19.7 Å². The molecule has 0 spiro atoms. The number of hydrogen-bond donors (Lipinski definition) is 2. The van der Waals surface area contributed by atoms with Gasteiger partial charge in [-0.05, 0) is 43.7 Å². The molecule has 2 nitrogen and oxygen atoms in total. The summed E-state index contributed by atoms with van der Waals surface area (Å²) >= 11 is 0. The van der Waals surface area contributed by atoms with E-state index in [4.69, 9.17) is 0 Å². The van der Waals surface area contributed by atoms with E-state index in [0.29, 0.717) is 17.9 Å². The van der Waals surface area contributed by atoms with Crippen LogP contribution in [0.5, 0.6) is 0 Å². The SMILES string of the molecule is CCC[C@@H](CO)CCCCCNCC(C)(C)C. The summed E-state index contributed by atoms with van der Waals surface area (Å²) in [6.45, 7) is 11.6. The molecule has 0 aliphatic rings. The number of rotatable bonds is 10. The van der Waals surface area contributed by atoms with E-state index < -0.39 is 0 Å². The van der Waals surface area contributed by atoms with E-state index in [-0.39, 0.29) is 0 Å². The van der Waals surface area contributed by atoms with Crippen LogP contribution in [0.15, 0.2) is 0 Å². The maximum absolute atomic E-state index is 9.18. The highest BCUT2D eigenvalue weighted by Crippen LogP contribution is 2.15. The van der Waals surface area contributed by atoms with Crippen molar-refractivity contribution in [3.05, 3.63) is 0 Å². The van der Waals surface area contributed by atoms with Crippen molar-refractivity contribution in [1.82, 2.24) is 5.32 Å². The van der Waals surface area contributed by atoms with Crippen molar-refractivity contribution in [1.29, 1.82) is 0 Å². The van der Waals surface area contributed by atoms with E-state index in [1.807, 2.05) is 0 Å². The average molecular weight is 243 g/mol. The molecule has 0 aromatic rings. The molecule has 0 fully saturated rings. The molecule has 0 bridgehead atoms. The molecule has 0 aliphatic carbocycles. The predicted molar refractivity (Wildman–Crippen MR) is 76.3 cm³/mol. The lowest BCUT2D eigenvalue weighted by molar-refractivity contribution is 0.206. The van der Waals surface area contributed by atoms with Gasteiger partial charge in [0.2, 0.25) is 0 Å². The van der Waals surface area contributed by atoms with Crippen LogP contribution in [-0.4, -0.2) is 24.8 Å². The van der Waals surface area contributed by atoms with E-state index in [9.17, 15) is 5.11 Å². The molecule has 17 heavy (non-hydrogen) atoms. The van der Waals surface area contributed by atoms with Crippen molar-refractivity contribution in [2.24, 2.45) is 11.3 Å². The second-order valence-corrected chi connectivity index (χ2v) is 6.42. The van der Waals surface area contributed by atoms with Gasteiger partial charge in [-0.2, -0.15) is 0 Å². The Morgan fingerprint density at radius 1 is 1.06 bits per heavy atom. The van der Waals surface area contributed by atoms with Crippen molar-refractivity contribution in [3.8, 4) is 0 Å². The normalized spacial score (nSPS) is 13.9. The first kappa shape index (κ1) is 16.9. The fourth-order valence-corrected chi connectivity index (χ4v) is 2.06. The van der Waals surface area contributed by atoms with E-state index in [1.54, 1.807) is 0 Å². The molecule has 0 saturated carbocycles.